The Hall–Kier alpha value is -2.29. The third-order valence-electron chi connectivity index (χ3n) is 3.29. The number of halogens is 3. The molecule has 1 saturated carbocycles. The number of alkyl halides is 3. The van der Waals surface area contributed by atoms with Gasteiger partial charge in [0.05, 0.1) is 11.9 Å². The monoisotopic (exact) mass is 292 g/mol. The van der Waals surface area contributed by atoms with E-state index in [1.54, 1.807) is 6.07 Å². The van der Waals surface area contributed by atoms with Gasteiger partial charge in [-0.05, 0) is 18.9 Å². The predicted octanol–water partition coefficient (Wildman–Crippen LogP) is 3.08. The second-order valence-electron chi connectivity index (χ2n) is 4.99. The van der Waals surface area contributed by atoms with Crippen molar-refractivity contribution in [3.8, 4) is 12.0 Å². The van der Waals surface area contributed by atoms with Gasteiger partial charge in [0.25, 0.3) is 5.91 Å². The van der Waals surface area contributed by atoms with E-state index in [4.69, 9.17) is 0 Å². The second-order valence-corrected chi connectivity index (χ2v) is 4.99. The Morgan fingerprint density at radius 1 is 1.24 bits per heavy atom. The van der Waals surface area contributed by atoms with Crippen molar-refractivity contribution in [1.29, 1.82) is 0 Å². The van der Waals surface area contributed by atoms with Crippen LogP contribution in [0.2, 0.25) is 0 Å². The molecule has 1 fully saturated rings. The molecule has 0 unspecified atom stereocenters. The first-order valence-corrected chi connectivity index (χ1v) is 6.51. The standard InChI is InChI=1S/C15H11F3N2O/c16-15(17,18)14-11-3-1-2-4-12(11)20(13(21)9-19-14)8-7-10-5-6-10/h1-4,9-10,14H,5-6H2/t14-/m0/s1. The first-order chi connectivity index (χ1) is 9.97. The average Bonchev–Trinajstić information content (AvgIpc) is 3.23. The fourth-order valence-electron chi connectivity index (χ4n) is 2.08. The summed E-state index contributed by atoms with van der Waals surface area (Å²) in [6.07, 6.45) is -1.90. The molecule has 1 aliphatic carbocycles. The molecule has 3 rings (SSSR count). The van der Waals surface area contributed by atoms with Gasteiger partial charge in [-0.1, -0.05) is 24.1 Å². The van der Waals surface area contributed by atoms with Crippen LogP contribution in [0.15, 0.2) is 29.3 Å². The van der Waals surface area contributed by atoms with Crippen molar-refractivity contribution in [3.05, 3.63) is 29.8 Å². The van der Waals surface area contributed by atoms with Gasteiger partial charge in [-0.3, -0.25) is 9.79 Å². The number of carbonyl (C=O) groups excluding carboxylic acids is 1. The summed E-state index contributed by atoms with van der Waals surface area (Å²) in [6.45, 7) is 0. The SMILES string of the molecule is O=C1C=N[C@H](C(F)(F)F)c2ccccc2N1C#CC1CC1. The number of carbonyl (C=O) groups is 1. The molecule has 0 spiro atoms. The number of aliphatic imine (C=N–C) groups is 1. The minimum Gasteiger partial charge on any atom is -0.270 e. The Morgan fingerprint density at radius 3 is 2.62 bits per heavy atom. The van der Waals surface area contributed by atoms with Crippen LogP contribution in [-0.4, -0.2) is 18.3 Å². The van der Waals surface area contributed by atoms with Gasteiger partial charge in [0.1, 0.15) is 0 Å². The highest BCUT2D eigenvalue weighted by Crippen LogP contribution is 2.41. The normalized spacial score (nSPS) is 21.4. The molecule has 0 bridgehead atoms. The number of rotatable bonds is 0. The van der Waals surface area contributed by atoms with Crippen LogP contribution in [-0.2, 0) is 4.79 Å². The number of fused-ring (bicyclic) bond motifs is 1. The van der Waals surface area contributed by atoms with Crippen LogP contribution in [0.5, 0.6) is 0 Å². The van der Waals surface area contributed by atoms with Crippen LogP contribution in [0, 0.1) is 17.9 Å². The maximum absolute atomic E-state index is 13.1. The molecule has 1 aliphatic heterocycles. The van der Waals surface area contributed by atoms with Gasteiger partial charge < -0.3 is 0 Å². The molecule has 0 N–H and O–H groups in total. The van der Waals surface area contributed by atoms with Crippen LogP contribution < -0.4 is 4.90 Å². The van der Waals surface area contributed by atoms with Gasteiger partial charge in [-0.15, -0.1) is 0 Å². The van der Waals surface area contributed by atoms with E-state index in [2.05, 4.69) is 17.0 Å². The molecule has 1 aromatic rings. The fourth-order valence-corrected chi connectivity index (χ4v) is 2.08. The van der Waals surface area contributed by atoms with E-state index in [0.29, 0.717) is 6.21 Å². The van der Waals surface area contributed by atoms with Crippen molar-refractivity contribution >= 4 is 17.8 Å². The van der Waals surface area contributed by atoms with Crippen molar-refractivity contribution in [2.24, 2.45) is 10.9 Å². The zero-order chi connectivity index (χ0) is 15.0. The molecule has 0 saturated heterocycles. The zero-order valence-corrected chi connectivity index (χ0v) is 10.9. The third kappa shape index (κ3) is 2.77. The lowest BCUT2D eigenvalue weighted by atomic mass is 10.0. The molecule has 1 amide bonds. The lowest BCUT2D eigenvalue weighted by Gasteiger charge is -2.20. The van der Waals surface area contributed by atoms with Crippen LogP contribution >= 0.6 is 0 Å². The Morgan fingerprint density at radius 2 is 1.95 bits per heavy atom. The molecule has 0 aromatic heterocycles. The van der Waals surface area contributed by atoms with E-state index < -0.39 is 18.1 Å². The molecule has 108 valence electrons. The second kappa shape index (κ2) is 4.92. The number of benzene rings is 1. The predicted molar refractivity (Wildman–Crippen MR) is 71.7 cm³/mol. The third-order valence-corrected chi connectivity index (χ3v) is 3.29. The summed E-state index contributed by atoms with van der Waals surface area (Å²) in [5.41, 5.74) is 0.0904. The fraction of sp³-hybridized carbons (Fsp3) is 0.333. The Labute approximate surface area is 119 Å². The maximum atomic E-state index is 13.1. The van der Waals surface area contributed by atoms with Gasteiger partial charge >= 0.3 is 6.18 Å². The Balaban J connectivity index is 2.09. The van der Waals surface area contributed by atoms with Crippen LogP contribution in [0.25, 0.3) is 0 Å². The molecule has 1 atom stereocenters. The van der Waals surface area contributed by atoms with Crippen molar-refractivity contribution in [2.75, 3.05) is 4.90 Å². The van der Waals surface area contributed by atoms with E-state index in [-0.39, 0.29) is 17.2 Å². The summed E-state index contributed by atoms with van der Waals surface area (Å²) < 4.78 is 39.3. The highest BCUT2D eigenvalue weighted by Gasteiger charge is 2.43. The Kier molecular flexibility index (Phi) is 3.20. The molecule has 1 aromatic carbocycles. The minimum atomic E-state index is -4.55. The summed E-state index contributed by atoms with van der Waals surface area (Å²) in [7, 11) is 0. The largest absolute Gasteiger partial charge is 0.415 e. The van der Waals surface area contributed by atoms with E-state index in [1.165, 1.54) is 18.2 Å². The van der Waals surface area contributed by atoms with Crippen molar-refractivity contribution in [3.63, 3.8) is 0 Å². The first kappa shape index (κ1) is 13.7. The number of amides is 1. The summed E-state index contributed by atoms with van der Waals surface area (Å²) >= 11 is 0. The highest BCUT2D eigenvalue weighted by molar-refractivity contribution is 6.34. The molecular formula is C15H11F3N2O. The van der Waals surface area contributed by atoms with Gasteiger partial charge in [-0.2, -0.15) is 13.2 Å². The number of anilines is 1. The van der Waals surface area contributed by atoms with Crippen LogP contribution in [0.4, 0.5) is 18.9 Å². The average molecular weight is 292 g/mol. The van der Waals surface area contributed by atoms with Crippen LogP contribution in [0.1, 0.15) is 24.4 Å². The summed E-state index contributed by atoms with van der Waals surface area (Å²) in [5, 5.41) is 0. The van der Waals surface area contributed by atoms with Gasteiger partial charge in [0.15, 0.2) is 6.04 Å². The smallest absolute Gasteiger partial charge is 0.270 e. The molecule has 3 nitrogen and oxygen atoms in total. The number of para-hydroxylation sites is 1. The van der Waals surface area contributed by atoms with E-state index in [0.717, 1.165) is 17.7 Å². The van der Waals surface area contributed by atoms with E-state index >= 15 is 0 Å². The van der Waals surface area contributed by atoms with E-state index in [1.807, 2.05) is 0 Å². The van der Waals surface area contributed by atoms with Crippen molar-refractivity contribution in [1.82, 2.24) is 0 Å². The van der Waals surface area contributed by atoms with Gasteiger partial charge in [-0.25, -0.2) is 4.90 Å². The highest BCUT2D eigenvalue weighted by atomic mass is 19.4. The molecule has 2 aliphatic rings. The lowest BCUT2D eigenvalue weighted by molar-refractivity contribution is -0.148. The topological polar surface area (TPSA) is 32.7 Å². The number of hydrogen-bond acceptors (Lipinski definition) is 2. The summed E-state index contributed by atoms with van der Waals surface area (Å²) in [6, 6.07) is 6.50. The van der Waals surface area contributed by atoms with Gasteiger partial charge in [0.2, 0.25) is 0 Å². The number of nitrogens with zero attached hydrogens (tertiary/aromatic N) is 2. The lowest BCUT2D eigenvalue weighted by Crippen LogP contribution is -2.26. The quantitative estimate of drug-likeness (QED) is 0.676. The molecule has 6 heteroatoms. The maximum Gasteiger partial charge on any atom is 0.415 e. The van der Waals surface area contributed by atoms with Crippen molar-refractivity contribution in [2.45, 2.75) is 25.1 Å². The van der Waals surface area contributed by atoms with Gasteiger partial charge in [0, 0.05) is 17.5 Å². The summed E-state index contributed by atoms with van der Waals surface area (Å²) in [5.74, 6) is 2.48. The molecule has 0 radical (unpaired) electrons. The van der Waals surface area contributed by atoms with Crippen molar-refractivity contribution < 1.29 is 18.0 Å². The number of hydrogen-bond donors (Lipinski definition) is 0. The molecular weight excluding hydrogens is 281 g/mol. The first-order valence-electron chi connectivity index (χ1n) is 6.51. The minimum absolute atomic E-state index is 0.0582. The summed E-state index contributed by atoms with van der Waals surface area (Å²) in [4.78, 5) is 16.4. The zero-order valence-electron chi connectivity index (χ0n) is 10.9. The van der Waals surface area contributed by atoms with Crippen LogP contribution in [0.3, 0.4) is 0 Å². The van der Waals surface area contributed by atoms with E-state index in [9.17, 15) is 18.0 Å². The molecule has 1 heterocycles. The Bertz CT molecular complexity index is 665. The molecule has 21 heavy (non-hydrogen) atoms.